The first-order valence-corrected chi connectivity index (χ1v) is 6.41. The highest BCUT2D eigenvalue weighted by molar-refractivity contribution is 7.07. The number of thiophene rings is 1. The number of nitrogens with one attached hydrogen (secondary N) is 2. The van der Waals surface area contributed by atoms with E-state index in [-0.39, 0.29) is 11.6 Å². The van der Waals surface area contributed by atoms with Gasteiger partial charge in [0.2, 0.25) is 5.91 Å². The Morgan fingerprint density at radius 2 is 2.22 bits per heavy atom. The average Bonchev–Trinajstić information content (AvgIpc) is 2.82. The molecule has 0 aliphatic carbocycles. The first kappa shape index (κ1) is 12.6. The lowest BCUT2D eigenvalue weighted by atomic mass is 10.2. The molecule has 0 unspecified atom stereocenters. The highest BCUT2D eigenvalue weighted by atomic mass is 32.1. The van der Waals surface area contributed by atoms with Crippen LogP contribution in [0.15, 0.2) is 35.0 Å². The Labute approximate surface area is 109 Å². The number of amides is 1. The molecule has 0 saturated carbocycles. The molecule has 0 aliphatic rings. The van der Waals surface area contributed by atoms with Gasteiger partial charge in [0.05, 0.1) is 5.69 Å². The Hall–Kier alpha value is -1.88. The molecule has 1 aromatic heterocycles. The predicted octanol–water partition coefficient (Wildman–Crippen LogP) is 3.46. The van der Waals surface area contributed by atoms with Crippen LogP contribution in [0.5, 0.6) is 0 Å². The summed E-state index contributed by atoms with van der Waals surface area (Å²) in [7, 11) is 0. The highest BCUT2D eigenvalue weighted by Gasteiger charge is 2.05. The Balaban J connectivity index is 2.06. The average molecular weight is 264 g/mol. The zero-order valence-electron chi connectivity index (χ0n) is 9.87. The van der Waals surface area contributed by atoms with E-state index in [1.165, 1.54) is 18.6 Å². The standard InChI is InChI=1S/C13H13FN2OS/c1-9(17)16-13-6-11(2-3-12(13)14)15-7-10-4-5-18-8-10/h2-6,8,15H,7H2,1H3,(H,16,17). The second-order valence-electron chi connectivity index (χ2n) is 3.86. The number of benzene rings is 1. The van der Waals surface area contributed by atoms with Crippen LogP contribution in [0, 0.1) is 5.82 Å². The van der Waals surface area contributed by atoms with Gasteiger partial charge in [0, 0.05) is 19.2 Å². The van der Waals surface area contributed by atoms with E-state index in [0.717, 1.165) is 5.69 Å². The molecule has 0 bridgehead atoms. The Morgan fingerprint density at radius 1 is 1.39 bits per heavy atom. The summed E-state index contributed by atoms with van der Waals surface area (Å²) >= 11 is 1.63. The van der Waals surface area contributed by atoms with Gasteiger partial charge < -0.3 is 10.6 Å². The van der Waals surface area contributed by atoms with E-state index in [0.29, 0.717) is 6.54 Å². The molecule has 18 heavy (non-hydrogen) atoms. The van der Waals surface area contributed by atoms with Gasteiger partial charge >= 0.3 is 0 Å². The van der Waals surface area contributed by atoms with E-state index in [4.69, 9.17) is 0 Å². The SMILES string of the molecule is CC(=O)Nc1cc(NCc2ccsc2)ccc1F. The summed E-state index contributed by atoms with van der Waals surface area (Å²) in [4.78, 5) is 10.9. The molecule has 0 saturated heterocycles. The normalized spacial score (nSPS) is 10.1. The molecule has 5 heteroatoms. The van der Waals surface area contributed by atoms with E-state index >= 15 is 0 Å². The zero-order chi connectivity index (χ0) is 13.0. The maximum absolute atomic E-state index is 13.4. The van der Waals surface area contributed by atoms with Crippen LogP contribution in [0.3, 0.4) is 0 Å². The lowest BCUT2D eigenvalue weighted by Crippen LogP contribution is -2.08. The number of hydrogen-bond donors (Lipinski definition) is 2. The monoisotopic (exact) mass is 264 g/mol. The number of hydrogen-bond acceptors (Lipinski definition) is 3. The summed E-state index contributed by atoms with van der Waals surface area (Å²) in [5.74, 6) is -0.727. The molecule has 0 spiro atoms. The van der Waals surface area contributed by atoms with Crippen molar-refractivity contribution in [3.63, 3.8) is 0 Å². The Kier molecular flexibility index (Phi) is 3.94. The van der Waals surface area contributed by atoms with E-state index in [9.17, 15) is 9.18 Å². The first-order valence-electron chi connectivity index (χ1n) is 5.47. The lowest BCUT2D eigenvalue weighted by molar-refractivity contribution is -0.114. The van der Waals surface area contributed by atoms with Gasteiger partial charge in [0.15, 0.2) is 0 Å². The third-order valence-corrected chi connectivity index (χ3v) is 3.09. The second-order valence-corrected chi connectivity index (χ2v) is 4.64. The van der Waals surface area contributed by atoms with Gasteiger partial charge in [-0.05, 0) is 40.6 Å². The van der Waals surface area contributed by atoms with Crippen molar-refractivity contribution in [1.82, 2.24) is 0 Å². The molecule has 1 aromatic carbocycles. The van der Waals surface area contributed by atoms with Crippen LogP contribution in [0.1, 0.15) is 12.5 Å². The van der Waals surface area contributed by atoms with Crippen molar-refractivity contribution in [2.75, 3.05) is 10.6 Å². The maximum atomic E-state index is 13.4. The van der Waals surface area contributed by atoms with Crippen molar-refractivity contribution >= 4 is 28.6 Å². The van der Waals surface area contributed by atoms with Gasteiger partial charge in [-0.15, -0.1) is 0 Å². The molecular formula is C13H13FN2OS. The lowest BCUT2D eigenvalue weighted by Gasteiger charge is -2.09. The molecule has 0 aliphatic heterocycles. The van der Waals surface area contributed by atoms with Crippen LogP contribution in [-0.4, -0.2) is 5.91 Å². The van der Waals surface area contributed by atoms with E-state index in [1.807, 2.05) is 16.8 Å². The zero-order valence-corrected chi connectivity index (χ0v) is 10.7. The summed E-state index contributed by atoms with van der Waals surface area (Å²) < 4.78 is 13.4. The van der Waals surface area contributed by atoms with Crippen molar-refractivity contribution in [2.24, 2.45) is 0 Å². The largest absolute Gasteiger partial charge is 0.381 e. The molecule has 1 heterocycles. The van der Waals surface area contributed by atoms with Crippen molar-refractivity contribution in [1.29, 1.82) is 0 Å². The van der Waals surface area contributed by atoms with Gasteiger partial charge in [-0.3, -0.25) is 4.79 Å². The fourth-order valence-corrected chi connectivity index (χ4v) is 2.19. The molecule has 0 radical (unpaired) electrons. The quantitative estimate of drug-likeness (QED) is 0.888. The molecule has 3 nitrogen and oxygen atoms in total. The molecular weight excluding hydrogens is 251 g/mol. The third-order valence-electron chi connectivity index (χ3n) is 2.35. The van der Waals surface area contributed by atoms with E-state index in [1.54, 1.807) is 23.5 Å². The molecule has 0 fully saturated rings. The van der Waals surface area contributed by atoms with Gasteiger partial charge in [0.1, 0.15) is 5.82 Å². The summed E-state index contributed by atoms with van der Waals surface area (Å²) in [5, 5.41) is 9.68. The molecule has 0 atom stereocenters. The number of carbonyl (C=O) groups is 1. The highest BCUT2D eigenvalue weighted by Crippen LogP contribution is 2.20. The van der Waals surface area contributed by atoms with E-state index in [2.05, 4.69) is 10.6 Å². The van der Waals surface area contributed by atoms with Crippen molar-refractivity contribution in [2.45, 2.75) is 13.5 Å². The minimum atomic E-state index is -0.439. The number of halogens is 1. The molecule has 1 amide bonds. The number of anilines is 2. The van der Waals surface area contributed by atoms with Crippen molar-refractivity contribution < 1.29 is 9.18 Å². The van der Waals surface area contributed by atoms with Crippen LogP contribution in [0.4, 0.5) is 15.8 Å². The van der Waals surface area contributed by atoms with E-state index < -0.39 is 5.82 Å². The minimum absolute atomic E-state index is 0.192. The molecule has 2 aromatic rings. The summed E-state index contributed by atoms with van der Waals surface area (Å²) in [6, 6.07) is 6.59. The molecule has 2 N–H and O–H groups in total. The van der Waals surface area contributed by atoms with Crippen LogP contribution in [0.25, 0.3) is 0 Å². The Bertz CT molecular complexity index is 540. The smallest absolute Gasteiger partial charge is 0.221 e. The van der Waals surface area contributed by atoms with Crippen LogP contribution >= 0.6 is 11.3 Å². The van der Waals surface area contributed by atoms with Crippen LogP contribution < -0.4 is 10.6 Å². The Morgan fingerprint density at radius 3 is 2.89 bits per heavy atom. The number of rotatable bonds is 4. The van der Waals surface area contributed by atoms with Gasteiger partial charge in [-0.25, -0.2) is 4.39 Å². The fourth-order valence-electron chi connectivity index (χ4n) is 1.52. The third kappa shape index (κ3) is 3.30. The fraction of sp³-hybridized carbons (Fsp3) is 0.154. The van der Waals surface area contributed by atoms with Gasteiger partial charge in [-0.1, -0.05) is 0 Å². The summed E-state index contributed by atoms with van der Waals surface area (Å²) in [6.07, 6.45) is 0. The predicted molar refractivity (Wildman–Crippen MR) is 72.3 cm³/mol. The first-order chi connectivity index (χ1) is 8.65. The maximum Gasteiger partial charge on any atom is 0.221 e. The van der Waals surface area contributed by atoms with Crippen molar-refractivity contribution in [3.8, 4) is 0 Å². The summed E-state index contributed by atoms with van der Waals surface area (Å²) in [6.45, 7) is 2.03. The van der Waals surface area contributed by atoms with Crippen LogP contribution in [0.2, 0.25) is 0 Å². The second kappa shape index (κ2) is 5.64. The van der Waals surface area contributed by atoms with Crippen molar-refractivity contribution in [3.05, 3.63) is 46.4 Å². The number of carbonyl (C=O) groups excluding carboxylic acids is 1. The topological polar surface area (TPSA) is 41.1 Å². The van der Waals surface area contributed by atoms with Crippen LogP contribution in [-0.2, 0) is 11.3 Å². The van der Waals surface area contributed by atoms with Gasteiger partial charge in [-0.2, -0.15) is 11.3 Å². The molecule has 2 rings (SSSR count). The molecule has 94 valence electrons. The minimum Gasteiger partial charge on any atom is -0.381 e. The summed E-state index contributed by atoms with van der Waals surface area (Å²) in [5.41, 5.74) is 2.13. The van der Waals surface area contributed by atoms with Gasteiger partial charge in [0.25, 0.3) is 0 Å².